The number of aryl methyl sites for hydroxylation is 1. The molecule has 0 saturated heterocycles. The number of amides is 2. The summed E-state index contributed by atoms with van der Waals surface area (Å²) < 4.78 is 26.6. The van der Waals surface area contributed by atoms with Crippen molar-refractivity contribution in [2.45, 2.75) is 6.92 Å². The first kappa shape index (κ1) is 17.7. The maximum absolute atomic E-state index is 13.7. The second kappa shape index (κ2) is 7.40. The molecule has 1 heterocycles. The van der Waals surface area contributed by atoms with Gasteiger partial charge < -0.3 is 5.32 Å². The van der Waals surface area contributed by atoms with Gasteiger partial charge in [-0.15, -0.1) is 0 Å². The molecular formula is C18H13F2N3O2S. The van der Waals surface area contributed by atoms with Gasteiger partial charge in [-0.3, -0.25) is 14.9 Å². The Kier molecular flexibility index (Phi) is 5.04. The molecule has 0 unspecified atom stereocenters. The predicted octanol–water partition coefficient (Wildman–Crippen LogP) is 4.23. The number of carbonyl (C=O) groups excluding carboxylic acids is 2. The van der Waals surface area contributed by atoms with E-state index in [-0.39, 0.29) is 16.6 Å². The molecule has 0 aliphatic heterocycles. The van der Waals surface area contributed by atoms with Crippen molar-refractivity contribution in [2.75, 3.05) is 10.6 Å². The highest BCUT2D eigenvalue weighted by molar-refractivity contribution is 7.17. The van der Waals surface area contributed by atoms with Gasteiger partial charge >= 0.3 is 0 Å². The van der Waals surface area contributed by atoms with Crippen LogP contribution in [0.15, 0.2) is 48.5 Å². The number of aromatic nitrogens is 1. The quantitative estimate of drug-likeness (QED) is 0.719. The number of para-hydroxylation sites is 1. The number of carbonyl (C=O) groups is 2. The molecule has 2 N–H and O–H groups in total. The summed E-state index contributed by atoms with van der Waals surface area (Å²) in [6.07, 6.45) is 0. The first-order chi connectivity index (χ1) is 12.4. The summed E-state index contributed by atoms with van der Waals surface area (Å²) in [5.74, 6) is -2.88. The zero-order chi connectivity index (χ0) is 18.7. The third-order valence-corrected chi connectivity index (χ3v) is 4.50. The van der Waals surface area contributed by atoms with Gasteiger partial charge in [-0.2, -0.15) is 0 Å². The van der Waals surface area contributed by atoms with Crippen LogP contribution in [0.2, 0.25) is 0 Å². The second-order valence-corrected chi connectivity index (χ2v) is 6.33. The monoisotopic (exact) mass is 373 g/mol. The van der Waals surface area contributed by atoms with Crippen molar-refractivity contribution in [2.24, 2.45) is 0 Å². The van der Waals surface area contributed by atoms with Crippen molar-refractivity contribution in [3.8, 4) is 0 Å². The number of anilines is 2. The number of thiazole rings is 1. The van der Waals surface area contributed by atoms with Crippen molar-refractivity contribution >= 4 is 34.0 Å². The molecule has 0 bridgehead atoms. The van der Waals surface area contributed by atoms with Crippen molar-refractivity contribution in [1.29, 1.82) is 0 Å². The Morgan fingerprint density at radius 2 is 1.73 bits per heavy atom. The molecule has 0 radical (unpaired) electrons. The highest BCUT2D eigenvalue weighted by atomic mass is 32.1. The lowest BCUT2D eigenvalue weighted by Gasteiger charge is -2.03. The van der Waals surface area contributed by atoms with E-state index in [2.05, 4.69) is 15.6 Å². The lowest BCUT2D eigenvalue weighted by molar-refractivity contribution is 0.101. The number of nitrogens with one attached hydrogen (secondary N) is 2. The molecule has 0 aliphatic carbocycles. The summed E-state index contributed by atoms with van der Waals surface area (Å²) in [5.41, 5.74) is 0.747. The van der Waals surface area contributed by atoms with E-state index in [0.717, 1.165) is 23.5 Å². The van der Waals surface area contributed by atoms with Crippen LogP contribution in [0.1, 0.15) is 25.7 Å². The van der Waals surface area contributed by atoms with Gasteiger partial charge in [0.15, 0.2) is 5.13 Å². The normalized spacial score (nSPS) is 10.4. The summed E-state index contributed by atoms with van der Waals surface area (Å²) in [6.45, 7) is 1.63. The van der Waals surface area contributed by atoms with Crippen LogP contribution in [-0.2, 0) is 0 Å². The standard InChI is InChI=1S/C18H13F2N3O2S/c1-10-15(17(25)22-12-5-3-2-4-6-12)26-18(21-10)23-16(24)13-8-7-11(19)9-14(13)20/h2-9H,1H3,(H,22,25)(H,21,23,24). The molecular weight excluding hydrogens is 360 g/mol. The van der Waals surface area contributed by atoms with E-state index in [1.165, 1.54) is 0 Å². The van der Waals surface area contributed by atoms with Crippen molar-refractivity contribution in [3.63, 3.8) is 0 Å². The van der Waals surface area contributed by atoms with E-state index in [4.69, 9.17) is 0 Å². The highest BCUT2D eigenvalue weighted by Gasteiger charge is 2.19. The van der Waals surface area contributed by atoms with Gasteiger partial charge in [0.25, 0.3) is 11.8 Å². The summed E-state index contributed by atoms with van der Waals surface area (Å²) in [5, 5.41) is 5.30. The van der Waals surface area contributed by atoms with Crippen LogP contribution in [-0.4, -0.2) is 16.8 Å². The molecule has 1 aromatic heterocycles. The van der Waals surface area contributed by atoms with E-state index < -0.39 is 17.5 Å². The Balaban J connectivity index is 1.75. The molecule has 5 nitrogen and oxygen atoms in total. The smallest absolute Gasteiger partial charge is 0.267 e. The lowest BCUT2D eigenvalue weighted by atomic mass is 10.2. The van der Waals surface area contributed by atoms with Crippen LogP contribution in [0.3, 0.4) is 0 Å². The van der Waals surface area contributed by atoms with E-state index in [9.17, 15) is 18.4 Å². The predicted molar refractivity (Wildman–Crippen MR) is 95.6 cm³/mol. The van der Waals surface area contributed by atoms with Crippen LogP contribution in [0.25, 0.3) is 0 Å². The minimum absolute atomic E-state index is 0.148. The summed E-state index contributed by atoms with van der Waals surface area (Å²) >= 11 is 0.967. The Morgan fingerprint density at radius 1 is 1.00 bits per heavy atom. The topological polar surface area (TPSA) is 71.1 Å². The van der Waals surface area contributed by atoms with Crippen LogP contribution in [0, 0.1) is 18.6 Å². The van der Waals surface area contributed by atoms with Gasteiger partial charge in [-0.05, 0) is 31.2 Å². The number of rotatable bonds is 4. The highest BCUT2D eigenvalue weighted by Crippen LogP contribution is 2.24. The summed E-state index contributed by atoms with van der Waals surface area (Å²) in [7, 11) is 0. The van der Waals surface area contributed by atoms with Crippen LogP contribution >= 0.6 is 11.3 Å². The Labute approximate surface area is 151 Å². The van der Waals surface area contributed by atoms with Crippen molar-refractivity contribution in [3.05, 3.63) is 76.3 Å². The zero-order valence-electron chi connectivity index (χ0n) is 13.5. The molecule has 0 spiro atoms. The van der Waals surface area contributed by atoms with Gasteiger partial charge in [0.05, 0.1) is 11.3 Å². The Bertz CT molecular complexity index is 974. The second-order valence-electron chi connectivity index (χ2n) is 5.33. The lowest BCUT2D eigenvalue weighted by Crippen LogP contribution is -2.13. The molecule has 132 valence electrons. The van der Waals surface area contributed by atoms with Gasteiger partial charge in [0.2, 0.25) is 0 Å². The van der Waals surface area contributed by atoms with Gasteiger partial charge in [-0.25, -0.2) is 13.8 Å². The molecule has 2 aromatic carbocycles. The summed E-state index contributed by atoms with van der Waals surface area (Å²) in [6, 6.07) is 11.6. The van der Waals surface area contributed by atoms with Crippen molar-refractivity contribution in [1.82, 2.24) is 4.98 Å². The maximum atomic E-state index is 13.7. The molecule has 3 aromatic rings. The third-order valence-electron chi connectivity index (χ3n) is 3.43. The first-order valence-electron chi connectivity index (χ1n) is 7.54. The van der Waals surface area contributed by atoms with Gasteiger partial charge in [0.1, 0.15) is 16.5 Å². The fraction of sp³-hybridized carbons (Fsp3) is 0.0556. The zero-order valence-corrected chi connectivity index (χ0v) is 14.4. The Morgan fingerprint density at radius 3 is 2.42 bits per heavy atom. The average Bonchev–Trinajstić information content (AvgIpc) is 2.96. The van der Waals surface area contributed by atoms with E-state index >= 15 is 0 Å². The Hall–Kier alpha value is -3.13. The molecule has 26 heavy (non-hydrogen) atoms. The summed E-state index contributed by atoms with van der Waals surface area (Å²) in [4.78, 5) is 28.9. The van der Waals surface area contributed by atoms with Crippen molar-refractivity contribution < 1.29 is 18.4 Å². The van der Waals surface area contributed by atoms with Crippen LogP contribution in [0.4, 0.5) is 19.6 Å². The minimum atomic E-state index is -0.974. The fourth-order valence-electron chi connectivity index (χ4n) is 2.21. The average molecular weight is 373 g/mol. The maximum Gasteiger partial charge on any atom is 0.267 e. The number of hydrogen-bond acceptors (Lipinski definition) is 4. The molecule has 0 fully saturated rings. The fourth-order valence-corrected chi connectivity index (χ4v) is 3.06. The number of nitrogens with zero attached hydrogens (tertiary/aromatic N) is 1. The molecule has 0 atom stereocenters. The molecule has 0 saturated carbocycles. The third kappa shape index (κ3) is 3.92. The molecule has 2 amide bonds. The largest absolute Gasteiger partial charge is 0.321 e. The van der Waals surface area contributed by atoms with E-state index in [1.807, 2.05) is 6.07 Å². The van der Waals surface area contributed by atoms with E-state index in [0.29, 0.717) is 22.3 Å². The molecule has 3 rings (SSSR count). The van der Waals surface area contributed by atoms with Gasteiger partial charge in [0, 0.05) is 11.8 Å². The first-order valence-corrected chi connectivity index (χ1v) is 8.36. The molecule has 0 aliphatic rings. The number of halogens is 2. The number of benzene rings is 2. The van der Waals surface area contributed by atoms with Gasteiger partial charge in [-0.1, -0.05) is 29.5 Å². The van der Waals surface area contributed by atoms with E-state index in [1.54, 1.807) is 31.2 Å². The SMILES string of the molecule is Cc1nc(NC(=O)c2ccc(F)cc2F)sc1C(=O)Nc1ccccc1. The molecule has 8 heteroatoms. The van der Waals surface area contributed by atoms with Crippen LogP contribution in [0.5, 0.6) is 0 Å². The minimum Gasteiger partial charge on any atom is -0.321 e. The van der Waals surface area contributed by atoms with Crippen LogP contribution < -0.4 is 10.6 Å². The number of hydrogen-bond donors (Lipinski definition) is 2.